The van der Waals surface area contributed by atoms with Gasteiger partial charge in [0.2, 0.25) is 5.91 Å². The lowest BCUT2D eigenvalue weighted by atomic mass is 10.00. The Bertz CT molecular complexity index is 919. The van der Waals surface area contributed by atoms with Crippen molar-refractivity contribution in [3.8, 4) is 0 Å². The average Bonchev–Trinajstić information content (AvgIpc) is 3.23. The first-order valence-corrected chi connectivity index (χ1v) is 25.4. The lowest BCUT2D eigenvalue weighted by molar-refractivity contribution is -0.132. The Morgan fingerprint density at radius 3 is 1.09 bits per heavy atom. The molecule has 6 heteroatoms. The number of allylic oxidation sites excluding steroid dienone is 6. The minimum absolute atomic E-state index is 0.361. The molecule has 0 saturated heterocycles. The van der Waals surface area contributed by atoms with Gasteiger partial charge in [0.25, 0.3) is 0 Å². The highest BCUT2D eigenvalue weighted by molar-refractivity contribution is 5.80. The Labute approximate surface area is 360 Å². The van der Waals surface area contributed by atoms with Gasteiger partial charge in [-0.15, -0.1) is 0 Å². The quantitative estimate of drug-likeness (QED) is 0.0310. The molecule has 0 rings (SSSR count). The van der Waals surface area contributed by atoms with Crippen molar-refractivity contribution in [3.63, 3.8) is 0 Å². The summed E-state index contributed by atoms with van der Waals surface area (Å²) in [6.45, 7) is 4.05. The van der Waals surface area contributed by atoms with Gasteiger partial charge < -0.3 is 25.7 Å². The van der Waals surface area contributed by atoms with Gasteiger partial charge in [0.15, 0.2) is 0 Å². The molecule has 0 aromatic rings. The summed E-state index contributed by atoms with van der Waals surface area (Å²) < 4.78 is 0. The minimum Gasteiger partial charge on any atom is -0.394 e. The van der Waals surface area contributed by atoms with Crippen LogP contribution in [0.3, 0.4) is 0 Å². The zero-order valence-corrected chi connectivity index (χ0v) is 38.5. The predicted molar refractivity (Wildman–Crippen MR) is 251 cm³/mol. The van der Waals surface area contributed by atoms with Crippen LogP contribution in [0.5, 0.6) is 0 Å². The van der Waals surface area contributed by atoms with Gasteiger partial charge in [-0.1, -0.05) is 230 Å². The average molecular weight is 818 g/mol. The summed E-state index contributed by atoms with van der Waals surface area (Å²) >= 11 is 0. The molecule has 342 valence electrons. The predicted octanol–water partition coefficient (Wildman–Crippen LogP) is 14.1. The van der Waals surface area contributed by atoms with Crippen LogP contribution in [0.1, 0.15) is 258 Å². The van der Waals surface area contributed by atoms with E-state index in [0.717, 1.165) is 51.4 Å². The van der Waals surface area contributed by atoms with Gasteiger partial charge in [0.05, 0.1) is 18.8 Å². The number of carbonyl (C=O) groups excluding carboxylic acids is 1. The number of nitrogens with one attached hydrogen (secondary N) is 1. The molecule has 0 radical (unpaired) electrons. The van der Waals surface area contributed by atoms with Gasteiger partial charge >= 0.3 is 0 Å². The Balaban J connectivity index is 3.74. The fraction of sp³-hybridized carbons (Fsp3) is 0.865. The highest BCUT2D eigenvalue weighted by Gasteiger charge is 2.28. The largest absolute Gasteiger partial charge is 0.394 e. The third-order valence-electron chi connectivity index (χ3n) is 11.8. The second-order valence-corrected chi connectivity index (χ2v) is 17.5. The Morgan fingerprint density at radius 2 is 0.724 bits per heavy atom. The first-order valence-electron chi connectivity index (χ1n) is 25.4. The Morgan fingerprint density at radius 1 is 0.414 bits per heavy atom. The molecule has 0 aliphatic rings. The van der Waals surface area contributed by atoms with Crippen molar-refractivity contribution in [2.45, 2.75) is 282 Å². The summed E-state index contributed by atoms with van der Waals surface area (Å²) in [5, 5.41) is 43.8. The lowest BCUT2D eigenvalue weighted by Crippen LogP contribution is -2.53. The van der Waals surface area contributed by atoms with Gasteiger partial charge in [-0.3, -0.25) is 4.79 Å². The highest BCUT2D eigenvalue weighted by Crippen LogP contribution is 2.16. The number of hydrogen-bond acceptors (Lipinski definition) is 5. The monoisotopic (exact) mass is 818 g/mol. The number of aliphatic hydroxyl groups excluding tert-OH is 4. The minimum atomic E-state index is -1.29. The molecule has 0 aliphatic heterocycles. The first kappa shape index (κ1) is 56.5. The van der Waals surface area contributed by atoms with Crippen molar-refractivity contribution in [1.82, 2.24) is 5.32 Å². The lowest BCUT2D eigenvalue weighted by Gasteiger charge is -2.27. The maximum absolute atomic E-state index is 12.5. The second kappa shape index (κ2) is 46.6. The standard InChI is InChI=1S/C52H99NO5/c1-3-5-7-9-11-13-15-17-19-20-21-22-23-24-25-26-27-28-29-30-32-33-35-37-39-41-43-45-49(55)51(57)48(47-54)53-52(58)50(56)46-44-42-40-38-36-34-31-18-16-14-12-10-8-6-4-2/h26-27,30,32,37,39,48-51,54-57H,3-25,28-29,31,33-36,38,40-47H2,1-2H3,(H,53,58)/b27-26+,32-30+,39-37+. The van der Waals surface area contributed by atoms with E-state index in [1.54, 1.807) is 0 Å². The van der Waals surface area contributed by atoms with Gasteiger partial charge in [0.1, 0.15) is 12.2 Å². The maximum Gasteiger partial charge on any atom is 0.249 e. The van der Waals surface area contributed by atoms with Crippen LogP contribution in [0.25, 0.3) is 0 Å². The molecule has 4 atom stereocenters. The van der Waals surface area contributed by atoms with Gasteiger partial charge in [-0.25, -0.2) is 0 Å². The van der Waals surface area contributed by atoms with Crippen LogP contribution < -0.4 is 5.32 Å². The van der Waals surface area contributed by atoms with Gasteiger partial charge in [-0.2, -0.15) is 0 Å². The van der Waals surface area contributed by atoms with E-state index in [9.17, 15) is 25.2 Å². The Hall–Kier alpha value is -1.47. The molecular formula is C52H99NO5. The van der Waals surface area contributed by atoms with Crippen molar-refractivity contribution >= 4 is 5.91 Å². The molecule has 0 fully saturated rings. The van der Waals surface area contributed by atoms with E-state index in [-0.39, 0.29) is 0 Å². The molecule has 58 heavy (non-hydrogen) atoms. The number of rotatable bonds is 46. The summed E-state index contributed by atoms with van der Waals surface area (Å²) in [5.74, 6) is -0.598. The molecule has 0 bridgehead atoms. The van der Waals surface area contributed by atoms with Gasteiger partial charge in [0, 0.05) is 0 Å². The van der Waals surface area contributed by atoms with E-state index in [1.807, 2.05) is 0 Å². The van der Waals surface area contributed by atoms with Gasteiger partial charge in [-0.05, 0) is 64.2 Å². The molecule has 0 saturated carbocycles. The topological polar surface area (TPSA) is 110 Å². The molecule has 0 aromatic carbocycles. The molecule has 0 heterocycles. The molecule has 6 nitrogen and oxygen atoms in total. The number of carbonyl (C=O) groups is 1. The van der Waals surface area contributed by atoms with Crippen LogP contribution in [0.4, 0.5) is 0 Å². The SMILES string of the molecule is CCCCCCCCCCCCCCCC/C=C/CC/C=C/CC/C=C/CCCC(O)C(O)C(CO)NC(=O)C(O)CCCCCCCCCCCCCCCCC. The fourth-order valence-corrected chi connectivity index (χ4v) is 7.79. The van der Waals surface area contributed by atoms with Crippen molar-refractivity contribution in [3.05, 3.63) is 36.5 Å². The van der Waals surface area contributed by atoms with Crippen LogP contribution in [0.15, 0.2) is 36.5 Å². The van der Waals surface area contributed by atoms with E-state index in [2.05, 4.69) is 55.6 Å². The maximum atomic E-state index is 12.5. The van der Waals surface area contributed by atoms with Crippen LogP contribution >= 0.6 is 0 Å². The normalized spacial score (nSPS) is 14.2. The summed E-state index contributed by atoms with van der Waals surface area (Å²) in [4.78, 5) is 12.5. The van der Waals surface area contributed by atoms with E-state index >= 15 is 0 Å². The zero-order chi connectivity index (χ0) is 42.4. The van der Waals surface area contributed by atoms with Crippen molar-refractivity contribution in [2.75, 3.05) is 6.61 Å². The van der Waals surface area contributed by atoms with Crippen LogP contribution in [-0.2, 0) is 4.79 Å². The fourth-order valence-electron chi connectivity index (χ4n) is 7.79. The molecule has 0 spiro atoms. The van der Waals surface area contributed by atoms with E-state index in [1.165, 1.54) is 173 Å². The van der Waals surface area contributed by atoms with Crippen LogP contribution in [-0.4, -0.2) is 57.3 Å². The summed E-state index contributed by atoms with van der Waals surface area (Å²) in [6.07, 6.45) is 56.3. The molecule has 1 amide bonds. The van der Waals surface area contributed by atoms with E-state index in [4.69, 9.17) is 0 Å². The summed E-state index contributed by atoms with van der Waals surface area (Å²) in [6, 6.07) is -1.01. The number of aliphatic hydroxyl groups is 4. The summed E-state index contributed by atoms with van der Waals surface area (Å²) in [7, 11) is 0. The molecule has 0 aromatic heterocycles. The zero-order valence-electron chi connectivity index (χ0n) is 38.5. The van der Waals surface area contributed by atoms with E-state index in [0.29, 0.717) is 19.3 Å². The molecular weight excluding hydrogens is 719 g/mol. The summed E-state index contributed by atoms with van der Waals surface area (Å²) in [5.41, 5.74) is 0. The van der Waals surface area contributed by atoms with Crippen molar-refractivity contribution < 1.29 is 25.2 Å². The molecule has 4 unspecified atom stereocenters. The third-order valence-corrected chi connectivity index (χ3v) is 11.8. The number of unbranched alkanes of at least 4 members (excludes halogenated alkanes) is 31. The third kappa shape index (κ3) is 40.0. The number of hydrogen-bond donors (Lipinski definition) is 5. The van der Waals surface area contributed by atoms with Crippen LogP contribution in [0.2, 0.25) is 0 Å². The van der Waals surface area contributed by atoms with E-state index < -0.39 is 36.9 Å². The Kier molecular flexibility index (Phi) is 45.4. The highest BCUT2D eigenvalue weighted by atomic mass is 16.3. The van der Waals surface area contributed by atoms with Crippen molar-refractivity contribution in [2.24, 2.45) is 0 Å². The first-order chi connectivity index (χ1) is 28.5. The second-order valence-electron chi connectivity index (χ2n) is 17.5. The molecule has 0 aliphatic carbocycles. The van der Waals surface area contributed by atoms with Crippen molar-refractivity contribution in [1.29, 1.82) is 0 Å². The number of amides is 1. The molecule has 5 N–H and O–H groups in total. The smallest absolute Gasteiger partial charge is 0.249 e. The van der Waals surface area contributed by atoms with Crippen LogP contribution in [0, 0.1) is 0 Å².